The second-order valence-corrected chi connectivity index (χ2v) is 12.7. The number of carbonyl (C=O) groups is 1. The molecule has 36 heavy (non-hydrogen) atoms. The summed E-state index contributed by atoms with van der Waals surface area (Å²) in [4.78, 5) is 10.8. The van der Waals surface area contributed by atoms with E-state index in [2.05, 4.69) is 18.7 Å². The molecule has 1 fully saturated rings. The van der Waals surface area contributed by atoms with Crippen molar-refractivity contribution < 1.29 is 29.0 Å². The second-order valence-electron chi connectivity index (χ2n) is 10.5. The molecule has 1 aliphatic carbocycles. The predicted molar refractivity (Wildman–Crippen MR) is 151 cm³/mol. The van der Waals surface area contributed by atoms with E-state index in [4.69, 9.17) is 14.6 Å². The largest absolute Gasteiger partial charge is 0.474 e. The first kappa shape index (κ1) is 33.8. The second kappa shape index (κ2) is 21.7. The summed E-state index contributed by atoms with van der Waals surface area (Å²) in [5.74, 6) is 3.04. The Morgan fingerprint density at radius 3 is 2.31 bits per heavy atom. The van der Waals surface area contributed by atoms with Crippen LogP contribution in [0.3, 0.4) is 0 Å². The highest BCUT2D eigenvalue weighted by molar-refractivity contribution is 7.99. The van der Waals surface area contributed by atoms with E-state index in [0.717, 1.165) is 24.7 Å². The van der Waals surface area contributed by atoms with Gasteiger partial charge in [0.2, 0.25) is 0 Å². The van der Waals surface area contributed by atoms with Gasteiger partial charge in [0.15, 0.2) is 0 Å². The van der Waals surface area contributed by atoms with Gasteiger partial charge in [0.1, 0.15) is 0 Å². The number of aliphatic hydroxyl groups is 1. The summed E-state index contributed by atoms with van der Waals surface area (Å²) in [7, 11) is -1.47. The van der Waals surface area contributed by atoms with Crippen LogP contribution in [0.2, 0.25) is 0 Å². The Labute approximate surface area is 226 Å². The van der Waals surface area contributed by atoms with E-state index in [1.165, 1.54) is 101 Å². The number of aliphatic carboxylic acids is 1. The standard InChI is InChI=1S/C28H53O6PS/c1-3-4-16-26(25-17-11-9-12-18-25)19-23-36-22-13-8-6-5-7-10-15-24(2)33-20-14-21-34-28(31,35-32)27(29)30/h24-26,31H,3-23H2,1-2H3,(H,29,30)/p+1. The molecule has 212 valence electrons. The highest BCUT2D eigenvalue weighted by Gasteiger charge is 2.47. The van der Waals surface area contributed by atoms with Crippen molar-refractivity contribution in [3.8, 4) is 0 Å². The van der Waals surface area contributed by atoms with Crippen LogP contribution in [0.15, 0.2) is 0 Å². The first-order valence-corrected chi connectivity index (χ1v) is 16.7. The summed E-state index contributed by atoms with van der Waals surface area (Å²) in [5, 5.41) is 18.3. The fraction of sp³-hybridized carbons (Fsp3) is 0.964. The van der Waals surface area contributed by atoms with Crippen LogP contribution in [-0.4, -0.2) is 52.5 Å². The molecular formula is C28H54O6PS+. The molecule has 4 unspecified atom stereocenters. The van der Waals surface area contributed by atoms with Crippen molar-refractivity contribution in [1.29, 1.82) is 0 Å². The SMILES string of the molecule is CCCCC(CCSCCCCCCCCC(C)OCCCOC(O)([PH+]=O)C(=O)O)C1CCCCC1. The monoisotopic (exact) mass is 549 g/mol. The Bertz CT molecular complexity index is 560. The van der Waals surface area contributed by atoms with Crippen LogP contribution >= 0.6 is 20.2 Å². The number of hydrogen-bond acceptors (Lipinski definition) is 6. The fourth-order valence-electron chi connectivity index (χ4n) is 5.15. The van der Waals surface area contributed by atoms with Crippen LogP contribution in [0.25, 0.3) is 0 Å². The van der Waals surface area contributed by atoms with Crippen molar-refractivity contribution in [2.45, 2.75) is 135 Å². The molecule has 0 bridgehead atoms. The Balaban J connectivity index is 1.92. The molecule has 0 amide bonds. The van der Waals surface area contributed by atoms with Crippen LogP contribution in [0.5, 0.6) is 0 Å². The molecule has 8 heteroatoms. The smallest absolute Gasteiger partial charge is 0.470 e. The Kier molecular flexibility index (Phi) is 20.4. The Morgan fingerprint density at radius 2 is 1.64 bits per heavy atom. The normalized spacial score (nSPS) is 18.2. The summed E-state index contributed by atoms with van der Waals surface area (Å²) in [5.41, 5.74) is -2.60. The van der Waals surface area contributed by atoms with Gasteiger partial charge in [-0.15, -0.1) is 0 Å². The Morgan fingerprint density at radius 1 is 0.944 bits per heavy atom. The summed E-state index contributed by atoms with van der Waals surface area (Å²) >= 11 is 2.18. The fourth-order valence-corrected chi connectivity index (χ4v) is 6.48. The number of carboxylic acids is 1. The van der Waals surface area contributed by atoms with E-state index < -0.39 is 20.0 Å². The Hall–Kier alpha value is -0.200. The molecule has 6 nitrogen and oxygen atoms in total. The van der Waals surface area contributed by atoms with Gasteiger partial charge in [0.25, 0.3) is 0 Å². The number of hydrogen-bond donors (Lipinski definition) is 2. The zero-order chi connectivity index (χ0) is 26.5. The minimum absolute atomic E-state index is 0.0109. The summed E-state index contributed by atoms with van der Waals surface area (Å²) in [6.07, 6.45) is 22.3. The average molecular weight is 550 g/mol. The van der Waals surface area contributed by atoms with Crippen LogP contribution in [0.4, 0.5) is 0 Å². The van der Waals surface area contributed by atoms with Crippen molar-refractivity contribution in [3.63, 3.8) is 0 Å². The summed E-state index contributed by atoms with van der Waals surface area (Å²) in [6.45, 7) is 4.79. The molecule has 0 spiro atoms. The molecule has 1 saturated carbocycles. The molecule has 0 aromatic rings. The molecule has 1 rings (SSSR count). The molecule has 0 heterocycles. The van der Waals surface area contributed by atoms with E-state index in [1.54, 1.807) is 0 Å². The van der Waals surface area contributed by atoms with Gasteiger partial charge >= 0.3 is 20.0 Å². The zero-order valence-electron chi connectivity index (χ0n) is 23.0. The lowest BCUT2D eigenvalue weighted by molar-refractivity contribution is -0.190. The van der Waals surface area contributed by atoms with Crippen molar-refractivity contribution in [2.75, 3.05) is 24.7 Å². The molecule has 0 saturated heterocycles. The van der Waals surface area contributed by atoms with Crippen LogP contribution < -0.4 is 0 Å². The molecule has 0 aromatic carbocycles. The molecule has 2 N–H and O–H groups in total. The van der Waals surface area contributed by atoms with Gasteiger partial charge in [-0.2, -0.15) is 11.8 Å². The maximum absolute atomic E-state index is 10.8. The van der Waals surface area contributed by atoms with Crippen molar-refractivity contribution >= 4 is 26.2 Å². The third-order valence-electron chi connectivity index (χ3n) is 7.46. The number of unbranched alkanes of at least 4 members (excludes halogenated alkanes) is 6. The quantitative estimate of drug-likeness (QED) is 0.0721. The van der Waals surface area contributed by atoms with E-state index in [-0.39, 0.29) is 12.7 Å². The first-order valence-electron chi connectivity index (χ1n) is 14.6. The lowest BCUT2D eigenvalue weighted by Crippen LogP contribution is -2.35. The van der Waals surface area contributed by atoms with Crippen molar-refractivity contribution in [1.82, 2.24) is 0 Å². The minimum atomic E-state index is -2.60. The average Bonchev–Trinajstić information content (AvgIpc) is 2.88. The highest BCUT2D eigenvalue weighted by Crippen LogP contribution is 2.35. The van der Waals surface area contributed by atoms with Gasteiger partial charge in [0.05, 0.1) is 12.7 Å². The van der Waals surface area contributed by atoms with Crippen LogP contribution in [0.1, 0.15) is 123 Å². The molecule has 0 radical (unpaired) electrons. The van der Waals surface area contributed by atoms with Crippen LogP contribution in [0, 0.1) is 11.8 Å². The van der Waals surface area contributed by atoms with Gasteiger partial charge < -0.3 is 19.7 Å². The maximum atomic E-state index is 10.8. The summed E-state index contributed by atoms with van der Waals surface area (Å²) < 4.78 is 21.3. The predicted octanol–water partition coefficient (Wildman–Crippen LogP) is 7.79. The molecule has 4 atom stereocenters. The van der Waals surface area contributed by atoms with E-state index >= 15 is 0 Å². The lowest BCUT2D eigenvalue weighted by atomic mass is 9.77. The summed E-state index contributed by atoms with van der Waals surface area (Å²) in [6, 6.07) is 0. The van der Waals surface area contributed by atoms with Gasteiger partial charge in [-0.05, 0) is 55.9 Å². The highest BCUT2D eigenvalue weighted by atomic mass is 32.2. The topological polar surface area (TPSA) is 93.1 Å². The van der Waals surface area contributed by atoms with Crippen molar-refractivity contribution in [2.24, 2.45) is 11.8 Å². The lowest BCUT2D eigenvalue weighted by Gasteiger charge is -2.30. The number of ether oxygens (including phenoxy) is 2. The number of thioether (sulfide) groups is 1. The number of carboxylic acid groups (broad SMARTS) is 1. The van der Waals surface area contributed by atoms with Gasteiger partial charge in [-0.1, -0.05) is 95.0 Å². The van der Waals surface area contributed by atoms with Gasteiger partial charge in [-0.3, -0.25) is 0 Å². The maximum Gasteiger partial charge on any atom is 0.470 e. The number of rotatable bonds is 24. The van der Waals surface area contributed by atoms with Crippen molar-refractivity contribution in [3.05, 3.63) is 0 Å². The molecule has 0 aromatic heterocycles. The zero-order valence-corrected chi connectivity index (χ0v) is 24.8. The van der Waals surface area contributed by atoms with E-state index in [1.807, 2.05) is 6.92 Å². The minimum Gasteiger partial charge on any atom is -0.474 e. The molecule has 0 aliphatic heterocycles. The van der Waals surface area contributed by atoms with E-state index in [0.29, 0.717) is 13.0 Å². The first-order chi connectivity index (χ1) is 17.4. The van der Waals surface area contributed by atoms with Gasteiger partial charge in [0, 0.05) is 6.61 Å². The third-order valence-corrected chi connectivity index (χ3v) is 9.19. The van der Waals surface area contributed by atoms with E-state index in [9.17, 15) is 14.5 Å². The molecule has 1 aliphatic rings. The van der Waals surface area contributed by atoms with Gasteiger partial charge in [-0.25, -0.2) is 4.79 Å². The third kappa shape index (κ3) is 15.9. The molecular weight excluding hydrogens is 495 g/mol. The van der Waals surface area contributed by atoms with Crippen LogP contribution in [-0.2, 0) is 18.8 Å².